The van der Waals surface area contributed by atoms with Gasteiger partial charge in [0.05, 0.1) is 10.1 Å². The van der Waals surface area contributed by atoms with Crippen molar-refractivity contribution in [1.29, 1.82) is 0 Å². The number of allylic oxidation sites excluding steroid dienone is 1. The maximum Gasteiger partial charge on any atom is 1.00 e. The van der Waals surface area contributed by atoms with Crippen molar-refractivity contribution in [3.8, 4) is 0 Å². The Kier molecular flexibility index (Phi) is 20.1. The fourth-order valence-electron chi connectivity index (χ4n) is 2.62. The molecule has 0 fully saturated rings. The zero-order valence-corrected chi connectivity index (χ0v) is 19.9. The van der Waals surface area contributed by atoms with E-state index in [1.807, 2.05) is 6.08 Å². The summed E-state index contributed by atoms with van der Waals surface area (Å²) in [5.74, 6) is -0.426. The van der Waals surface area contributed by atoms with Crippen LogP contribution in [0.15, 0.2) is 12.2 Å². The number of rotatable bonds is 16. The molecule has 0 rings (SSSR count). The second-order valence-electron chi connectivity index (χ2n) is 6.75. The molecule has 148 valence electrons. The number of hydrogen-bond acceptors (Lipinski definition) is 4. The molecule has 0 saturated heterocycles. The number of likely N-dealkylation sites (N-methyl/N-ethyl adjacent to an activating group) is 1. The molecule has 0 spiro atoms. The summed E-state index contributed by atoms with van der Waals surface area (Å²) in [7, 11) is -2.45. The molecular formula is C19H36NNaO4S. The molecule has 0 aliphatic rings. The van der Waals surface area contributed by atoms with Crippen LogP contribution in [0.1, 0.15) is 84.0 Å². The number of nitrogens with zero attached hydrogens (tertiary/aromatic N) is 1. The summed E-state index contributed by atoms with van der Waals surface area (Å²) in [5.41, 5.74) is 0. The maximum atomic E-state index is 11.9. The summed E-state index contributed by atoms with van der Waals surface area (Å²) in [6, 6.07) is 0. The Morgan fingerprint density at radius 1 is 0.923 bits per heavy atom. The van der Waals surface area contributed by atoms with E-state index in [4.69, 9.17) is 0 Å². The van der Waals surface area contributed by atoms with Crippen LogP contribution in [-0.4, -0.2) is 43.1 Å². The summed E-state index contributed by atoms with van der Waals surface area (Å²) in [6.45, 7) is 2.70. The van der Waals surface area contributed by atoms with Gasteiger partial charge in [0.15, 0.2) is 0 Å². The van der Waals surface area contributed by atoms with Crippen LogP contribution in [0.4, 0.5) is 0 Å². The van der Waals surface area contributed by atoms with E-state index in [-0.39, 0.29) is 41.2 Å². The molecule has 0 unspecified atom stereocenters. The molecule has 7 heteroatoms. The van der Waals surface area contributed by atoms with Crippen molar-refractivity contribution in [2.24, 2.45) is 0 Å². The van der Waals surface area contributed by atoms with Gasteiger partial charge in [-0.1, -0.05) is 64.4 Å². The van der Waals surface area contributed by atoms with E-state index in [0.29, 0.717) is 19.4 Å². The van der Waals surface area contributed by atoms with Gasteiger partial charge in [0.25, 0.3) is 0 Å². The Hall–Kier alpha value is 0.120. The fraction of sp³-hybridized carbons (Fsp3) is 0.842. The van der Waals surface area contributed by atoms with Crippen LogP contribution in [0.3, 0.4) is 0 Å². The maximum absolute atomic E-state index is 11.9. The van der Waals surface area contributed by atoms with E-state index in [0.717, 1.165) is 12.8 Å². The first-order valence-corrected chi connectivity index (χ1v) is 11.3. The molecule has 0 aromatic heterocycles. The quantitative estimate of drug-likeness (QED) is 0.170. The van der Waals surface area contributed by atoms with Gasteiger partial charge in [-0.2, -0.15) is 0 Å². The van der Waals surface area contributed by atoms with E-state index in [9.17, 15) is 17.8 Å². The molecule has 5 nitrogen and oxygen atoms in total. The van der Waals surface area contributed by atoms with E-state index < -0.39 is 10.1 Å². The summed E-state index contributed by atoms with van der Waals surface area (Å²) in [6.07, 6.45) is 16.9. The minimum atomic E-state index is -4.14. The molecule has 0 aromatic carbocycles. The number of carbonyl (C=O) groups is 1. The molecule has 0 saturated carbocycles. The van der Waals surface area contributed by atoms with Gasteiger partial charge in [0.2, 0.25) is 5.91 Å². The summed E-state index contributed by atoms with van der Waals surface area (Å²) in [4.78, 5) is 13.4. The Morgan fingerprint density at radius 2 is 1.46 bits per heavy atom. The number of hydrogen-bond donors (Lipinski definition) is 0. The van der Waals surface area contributed by atoms with Crippen molar-refractivity contribution in [3.63, 3.8) is 0 Å². The van der Waals surface area contributed by atoms with Crippen molar-refractivity contribution in [2.75, 3.05) is 19.3 Å². The van der Waals surface area contributed by atoms with E-state index in [2.05, 4.69) is 6.92 Å². The molecule has 0 aliphatic heterocycles. The van der Waals surface area contributed by atoms with Crippen LogP contribution >= 0.6 is 0 Å². The van der Waals surface area contributed by atoms with E-state index in [1.165, 1.54) is 51.4 Å². The molecule has 1 amide bonds. The molecule has 0 radical (unpaired) electrons. The number of carbonyl (C=O) groups excluding carboxylic acids is 1. The monoisotopic (exact) mass is 397 g/mol. The van der Waals surface area contributed by atoms with Crippen molar-refractivity contribution in [1.82, 2.24) is 4.90 Å². The topological polar surface area (TPSA) is 77.5 Å². The smallest absolute Gasteiger partial charge is 0.748 e. The van der Waals surface area contributed by atoms with Crippen LogP contribution in [-0.2, 0) is 14.9 Å². The van der Waals surface area contributed by atoms with Crippen molar-refractivity contribution in [3.05, 3.63) is 12.2 Å². The number of amides is 1. The Bertz CT molecular complexity index is 466. The molecule has 0 aliphatic carbocycles. The van der Waals surface area contributed by atoms with Gasteiger partial charge in [-0.25, -0.2) is 8.42 Å². The SMILES string of the molecule is CCCCCCCCCCC/C=C/C(=O)N(C)CCCCS(=O)(=O)[O-].[Na+]. The molecule has 26 heavy (non-hydrogen) atoms. The molecular weight excluding hydrogens is 361 g/mol. The Labute approximate surface area is 183 Å². The van der Waals surface area contributed by atoms with Crippen molar-refractivity contribution in [2.45, 2.75) is 84.0 Å². The minimum absolute atomic E-state index is 0. The molecule has 0 aromatic rings. The Morgan fingerprint density at radius 3 is 2.00 bits per heavy atom. The van der Waals surface area contributed by atoms with E-state index >= 15 is 0 Å². The predicted octanol–water partition coefficient (Wildman–Crippen LogP) is 1.25. The molecule has 0 N–H and O–H groups in total. The minimum Gasteiger partial charge on any atom is -0.748 e. The third-order valence-electron chi connectivity index (χ3n) is 4.25. The molecule has 0 bridgehead atoms. The van der Waals surface area contributed by atoms with Gasteiger partial charge in [-0.3, -0.25) is 4.79 Å². The zero-order chi connectivity index (χ0) is 19.0. The standard InChI is InChI=1S/C19H37NO4S.Na/c1-3-4-5-6-7-8-9-10-11-12-13-16-19(21)20(2)17-14-15-18-25(22,23)24;/h13,16H,3-12,14-15,17-18H2,1-2H3,(H,22,23,24);/q;+1/p-1/b16-13+;. The van der Waals surface area contributed by atoms with Crippen LogP contribution in [0.25, 0.3) is 0 Å². The van der Waals surface area contributed by atoms with E-state index in [1.54, 1.807) is 18.0 Å². The summed E-state index contributed by atoms with van der Waals surface area (Å²) < 4.78 is 31.5. The molecule has 0 atom stereocenters. The van der Waals surface area contributed by atoms with Crippen LogP contribution in [0.5, 0.6) is 0 Å². The third-order valence-corrected chi connectivity index (χ3v) is 5.04. The van der Waals surface area contributed by atoms with Crippen LogP contribution in [0, 0.1) is 0 Å². The Balaban J connectivity index is 0. The second-order valence-corrected chi connectivity index (χ2v) is 8.27. The second kappa shape index (κ2) is 18.5. The van der Waals surface area contributed by atoms with Crippen LogP contribution in [0.2, 0.25) is 0 Å². The third kappa shape index (κ3) is 20.4. The average molecular weight is 398 g/mol. The summed E-state index contributed by atoms with van der Waals surface area (Å²) in [5, 5.41) is 0. The van der Waals surface area contributed by atoms with Crippen molar-refractivity contribution >= 4 is 16.0 Å². The van der Waals surface area contributed by atoms with Gasteiger partial charge >= 0.3 is 29.6 Å². The normalized spacial score (nSPS) is 11.5. The van der Waals surface area contributed by atoms with Gasteiger partial charge < -0.3 is 9.45 Å². The van der Waals surface area contributed by atoms with Crippen molar-refractivity contribution < 1.29 is 47.3 Å². The summed E-state index contributed by atoms with van der Waals surface area (Å²) >= 11 is 0. The fourth-order valence-corrected chi connectivity index (χ4v) is 3.18. The van der Waals surface area contributed by atoms with Crippen LogP contribution < -0.4 is 29.6 Å². The van der Waals surface area contributed by atoms with Gasteiger partial charge in [-0.15, -0.1) is 0 Å². The van der Waals surface area contributed by atoms with Gasteiger partial charge in [0.1, 0.15) is 0 Å². The molecule has 0 heterocycles. The largest absolute Gasteiger partial charge is 1.00 e. The first-order chi connectivity index (χ1) is 11.9. The van der Waals surface area contributed by atoms with Gasteiger partial charge in [0, 0.05) is 19.3 Å². The van der Waals surface area contributed by atoms with Gasteiger partial charge in [-0.05, 0) is 31.8 Å². The average Bonchev–Trinajstić information content (AvgIpc) is 2.55. The first kappa shape index (κ1) is 28.3. The zero-order valence-electron chi connectivity index (χ0n) is 17.0. The number of unbranched alkanes of at least 4 members (excludes halogenated alkanes) is 10. The predicted molar refractivity (Wildman–Crippen MR) is 102 cm³/mol. The first-order valence-electron chi connectivity index (χ1n) is 9.72.